The van der Waals surface area contributed by atoms with Crippen molar-refractivity contribution < 1.29 is 19.0 Å². The van der Waals surface area contributed by atoms with Crippen molar-refractivity contribution in [2.24, 2.45) is 0 Å². The number of benzene rings is 2. The molecule has 0 spiro atoms. The first-order chi connectivity index (χ1) is 7.70. The Labute approximate surface area is 91.1 Å². The number of rotatable bonds is 3. The molecule has 0 fully saturated rings. The highest BCUT2D eigenvalue weighted by Crippen LogP contribution is 2.27. The summed E-state index contributed by atoms with van der Waals surface area (Å²) in [5.41, 5.74) is 0.656. The predicted molar refractivity (Wildman–Crippen MR) is 56.4 cm³/mol. The van der Waals surface area contributed by atoms with Crippen molar-refractivity contribution in [3.8, 4) is 5.75 Å². The van der Waals surface area contributed by atoms with Crippen molar-refractivity contribution >= 4 is 17.2 Å². The first-order valence-electron chi connectivity index (χ1n) is 4.67. The van der Waals surface area contributed by atoms with Crippen LogP contribution in [0.25, 0.3) is 10.8 Å². The Balaban J connectivity index is 2.50. The van der Waals surface area contributed by atoms with Crippen LogP contribution in [-0.2, 0) is 16.1 Å². The van der Waals surface area contributed by atoms with Crippen molar-refractivity contribution in [1.29, 1.82) is 0 Å². The van der Waals surface area contributed by atoms with Gasteiger partial charge in [0.05, 0.1) is 0 Å². The molecule has 0 heterocycles. The molecular weight excluding hydrogens is 211 g/mol. The summed E-state index contributed by atoms with van der Waals surface area (Å²) in [5.74, 6) is -0.429. The fraction of sp³-hybridized carbons (Fsp3) is 0.0833. The molecule has 2 aromatic carbocycles. The molecule has 0 aliphatic rings. The molecule has 0 radical (unpaired) electrons. The number of hydrogen-bond acceptors (Lipinski definition) is 3. The van der Waals surface area contributed by atoms with Crippen LogP contribution in [0.5, 0.6) is 5.75 Å². The standard InChI is InChI=1S/C12H9FO3/c13-10-2-1-9-3-8(6-16-7-14)4-12(15)11(9)5-10/h1-5,7,15H,6H2. The monoisotopic (exact) mass is 220 g/mol. The molecular formula is C12H9FO3. The number of carbonyl (C=O) groups is 1. The summed E-state index contributed by atoms with van der Waals surface area (Å²) in [4.78, 5) is 10.0. The van der Waals surface area contributed by atoms with Gasteiger partial charge < -0.3 is 9.84 Å². The van der Waals surface area contributed by atoms with E-state index in [0.29, 0.717) is 22.8 Å². The number of carbonyl (C=O) groups excluding carboxylic acids is 1. The smallest absolute Gasteiger partial charge is 0.293 e. The van der Waals surface area contributed by atoms with Gasteiger partial charge >= 0.3 is 0 Å². The second kappa shape index (κ2) is 4.18. The Morgan fingerprint density at radius 2 is 2.12 bits per heavy atom. The average Bonchev–Trinajstić information content (AvgIpc) is 2.27. The minimum Gasteiger partial charge on any atom is -0.507 e. The number of ether oxygens (including phenoxy) is 1. The van der Waals surface area contributed by atoms with Gasteiger partial charge in [-0.15, -0.1) is 0 Å². The van der Waals surface area contributed by atoms with Crippen LogP contribution in [0.3, 0.4) is 0 Å². The minimum atomic E-state index is -0.403. The molecule has 1 N–H and O–H groups in total. The van der Waals surface area contributed by atoms with Crippen molar-refractivity contribution in [3.63, 3.8) is 0 Å². The molecule has 0 unspecified atom stereocenters. The van der Waals surface area contributed by atoms with E-state index in [1.54, 1.807) is 12.1 Å². The fourth-order valence-electron chi connectivity index (χ4n) is 1.58. The molecule has 0 amide bonds. The molecule has 16 heavy (non-hydrogen) atoms. The molecule has 0 bridgehead atoms. The van der Waals surface area contributed by atoms with Crippen LogP contribution in [0.1, 0.15) is 5.56 Å². The molecule has 0 saturated heterocycles. The van der Waals surface area contributed by atoms with E-state index in [2.05, 4.69) is 4.74 Å². The van der Waals surface area contributed by atoms with E-state index >= 15 is 0 Å². The summed E-state index contributed by atoms with van der Waals surface area (Å²) in [6, 6.07) is 7.32. The summed E-state index contributed by atoms with van der Waals surface area (Å²) in [6.45, 7) is 0.427. The third kappa shape index (κ3) is 1.95. The lowest BCUT2D eigenvalue weighted by Gasteiger charge is -2.05. The third-order valence-corrected chi connectivity index (χ3v) is 2.27. The Bertz CT molecular complexity index is 537. The van der Waals surface area contributed by atoms with Gasteiger partial charge in [-0.2, -0.15) is 0 Å². The number of hydrogen-bond donors (Lipinski definition) is 1. The number of fused-ring (bicyclic) bond motifs is 1. The molecule has 0 aromatic heterocycles. The van der Waals surface area contributed by atoms with Crippen LogP contribution in [0.4, 0.5) is 4.39 Å². The zero-order valence-corrected chi connectivity index (χ0v) is 8.31. The summed E-state index contributed by atoms with van der Waals surface area (Å²) in [7, 11) is 0. The van der Waals surface area contributed by atoms with E-state index in [1.165, 1.54) is 18.2 Å². The second-order valence-electron chi connectivity index (χ2n) is 3.39. The topological polar surface area (TPSA) is 46.5 Å². The molecule has 2 rings (SSSR count). The summed E-state index contributed by atoms with van der Waals surface area (Å²) >= 11 is 0. The number of phenolic OH excluding ortho intramolecular Hbond substituents is 1. The van der Waals surface area contributed by atoms with Crippen LogP contribution < -0.4 is 0 Å². The van der Waals surface area contributed by atoms with E-state index < -0.39 is 5.82 Å². The zero-order valence-electron chi connectivity index (χ0n) is 8.31. The van der Waals surface area contributed by atoms with Crippen LogP contribution >= 0.6 is 0 Å². The van der Waals surface area contributed by atoms with E-state index in [0.717, 1.165) is 0 Å². The molecule has 0 aliphatic carbocycles. The lowest BCUT2D eigenvalue weighted by atomic mass is 10.1. The molecule has 0 saturated carbocycles. The van der Waals surface area contributed by atoms with E-state index in [4.69, 9.17) is 0 Å². The van der Waals surface area contributed by atoms with Crippen LogP contribution in [-0.4, -0.2) is 11.6 Å². The highest BCUT2D eigenvalue weighted by atomic mass is 19.1. The quantitative estimate of drug-likeness (QED) is 0.807. The lowest BCUT2D eigenvalue weighted by molar-refractivity contribution is -0.129. The van der Waals surface area contributed by atoms with E-state index in [-0.39, 0.29) is 12.4 Å². The molecule has 2 aromatic rings. The molecule has 4 heteroatoms. The van der Waals surface area contributed by atoms with Gasteiger partial charge in [0, 0.05) is 5.39 Å². The molecule has 0 aliphatic heterocycles. The van der Waals surface area contributed by atoms with Crippen molar-refractivity contribution in [2.75, 3.05) is 0 Å². The number of phenols is 1. The van der Waals surface area contributed by atoms with Crippen LogP contribution in [0.15, 0.2) is 30.3 Å². The highest BCUT2D eigenvalue weighted by Gasteiger charge is 2.04. The van der Waals surface area contributed by atoms with Gasteiger partial charge in [0.15, 0.2) is 0 Å². The number of halogens is 1. The summed E-state index contributed by atoms with van der Waals surface area (Å²) in [6.07, 6.45) is 0. The third-order valence-electron chi connectivity index (χ3n) is 2.27. The van der Waals surface area contributed by atoms with Crippen molar-refractivity contribution in [3.05, 3.63) is 41.7 Å². The summed E-state index contributed by atoms with van der Waals surface area (Å²) < 4.78 is 17.5. The highest BCUT2D eigenvalue weighted by molar-refractivity contribution is 5.88. The van der Waals surface area contributed by atoms with Gasteiger partial charge in [0.2, 0.25) is 0 Å². The maximum absolute atomic E-state index is 12.9. The van der Waals surface area contributed by atoms with Gasteiger partial charge in [-0.05, 0) is 35.2 Å². The normalized spacial score (nSPS) is 10.3. The SMILES string of the molecule is O=COCc1cc(O)c2cc(F)ccc2c1. The first-order valence-corrected chi connectivity index (χ1v) is 4.67. The molecule has 82 valence electrons. The Morgan fingerprint density at radius 3 is 2.88 bits per heavy atom. The van der Waals surface area contributed by atoms with Crippen molar-refractivity contribution in [1.82, 2.24) is 0 Å². The van der Waals surface area contributed by atoms with Gasteiger partial charge in [-0.1, -0.05) is 6.07 Å². The summed E-state index contributed by atoms with van der Waals surface area (Å²) in [5, 5.41) is 10.8. The van der Waals surface area contributed by atoms with Crippen molar-refractivity contribution in [2.45, 2.75) is 6.61 Å². The van der Waals surface area contributed by atoms with Gasteiger partial charge in [-0.25, -0.2) is 4.39 Å². The lowest BCUT2D eigenvalue weighted by Crippen LogP contribution is -1.90. The first kappa shape index (κ1) is 10.4. The maximum Gasteiger partial charge on any atom is 0.293 e. The Hall–Kier alpha value is -2.10. The van der Waals surface area contributed by atoms with Crippen LogP contribution in [0.2, 0.25) is 0 Å². The number of aromatic hydroxyl groups is 1. The molecule has 0 atom stereocenters. The predicted octanol–water partition coefficient (Wildman–Crippen LogP) is 2.36. The molecule has 3 nitrogen and oxygen atoms in total. The van der Waals surface area contributed by atoms with Gasteiger partial charge in [0.25, 0.3) is 6.47 Å². The van der Waals surface area contributed by atoms with Gasteiger partial charge in [-0.3, -0.25) is 4.79 Å². The van der Waals surface area contributed by atoms with E-state index in [9.17, 15) is 14.3 Å². The average molecular weight is 220 g/mol. The van der Waals surface area contributed by atoms with Crippen LogP contribution in [0, 0.1) is 5.82 Å². The Kier molecular flexibility index (Phi) is 2.72. The maximum atomic E-state index is 12.9. The zero-order chi connectivity index (χ0) is 11.5. The van der Waals surface area contributed by atoms with E-state index in [1.807, 2.05) is 0 Å². The largest absolute Gasteiger partial charge is 0.507 e. The fourth-order valence-corrected chi connectivity index (χ4v) is 1.58. The van der Waals surface area contributed by atoms with Gasteiger partial charge in [0.1, 0.15) is 18.2 Å². The minimum absolute atomic E-state index is 0.0264. The Morgan fingerprint density at radius 1 is 1.31 bits per heavy atom. The second-order valence-corrected chi connectivity index (χ2v) is 3.39.